The van der Waals surface area contributed by atoms with Gasteiger partial charge in [-0.15, -0.1) is 0 Å². The van der Waals surface area contributed by atoms with Crippen LogP contribution in [0.4, 0.5) is 5.69 Å². The number of amides is 1. The lowest BCUT2D eigenvalue weighted by Gasteiger charge is -2.15. The summed E-state index contributed by atoms with van der Waals surface area (Å²) in [6.45, 7) is 7.32. The second kappa shape index (κ2) is 10.2. The SMILES string of the molecule is COc1ccc(-c2oc3cc(C)cc(C)c3c(=O)c2OCC(=O)Nc2cccc(C)c2C)cc1OC. The molecule has 0 atom stereocenters. The van der Waals surface area contributed by atoms with Crippen molar-refractivity contribution in [1.29, 1.82) is 0 Å². The Morgan fingerprint density at radius 1 is 0.917 bits per heavy atom. The van der Waals surface area contributed by atoms with Crippen molar-refractivity contribution in [1.82, 2.24) is 0 Å². The zero-order valence-corrected chi connectivity index (χ0v) is 21.3. The lowest BCUT2D eigenvalue weighted by atomic mass is 10.0. The number of carbonyl (C=O) groups excluding carboxylic acids is 1. The minimum absolute atomic E-state index is 0.0437. The van der Waals surface area contributed by atoms with E-state index in [9.17, 15) is 9.59 Å². The molecule has 7 nitrogen and oxygen atoms in total. The highest BCUT2D eigenvalue weighted by Gasteiger charge is 2.22. The largest absolute Gasteiger partial charge is 0.493 e. The summed E-state index contributed by atoms with van der Waals surface area (Å²) in [5.41, 5.74) is 5.09. The fourth-order valence-corrected chi connectivity index (χ4v) is 4.18. The van der Waals surface area contributed by atoms with Crippen LogP contribution in [0.3, 0.4) is 0 Å². The van der Waals surface area contributed by atoms with Gasteiger partial charge in [0.2, 0.25) is 11.2 Å². The second-order valence-electron chi connectivity index (χ2n) is 8.70. The highest BCUT2D eigenvalue weighted by atomic mass is 16.5. The Morgan fingerprint density at radius 3 is 2.39 bits per heavy atom. The first-order valence-corrected chi connectivity index (χ1v) is 11.5. The van der Waals surface area contributed by atoms with Crippen LogP contribution in [0.1, 0.15) is 22.3 Å². The number of nitrogens with one attached hydrogen (secondary N) is 1. The number of carbonyl (C=O) groups is 1. The van der Waals surface area contributed by atoms with Gasteiger partial charge in [-0.05, 0) is 80.3 Å². The van der Waals surface area contributed by atoms with E-state index < -0.39 is 0 Å². The summed E-state index contributed by atoms with van der Waals surface area (Å²) in [6.07, 6.45) is 0. The summed E-state index contributed by atoms with van der Waals surface area (Å²) in [4.78, 5) is 26.4. The van der Waals surface area contributed by atoms with E-state index in [0.717, 1.165) is 22.3 Å². The Kier molecular flexibility index (Phi) is 7.01. The number of anilines is 1. The van der Waals surface area contributed by atoms with E-state index in [-0.39, 0.29) is 29.5 Å². The minimum Gasteiger partial charge on any atom is -0.493 e. The molecule has 7 heteroatoms. The zero-order valence-electron chi connectivity index (χ0n) is 21.3. The van der Waals surface area contributed by atoms with E-state index >= 15 is 0 Å². The predicted molar refractivity (Wildman–Crippen MR) is 141 cm³/mol. The fraction of sp³-hybridized carbons (Fsp3) is 0.241. The van der Waals surface area contributed by atoms with Crippen LogP contribution in [0, 0.1) is 27.7 Å². The highest BCUT2D eigenvalue weighted by molar-refractivity contribution is 5.93. The summed E-state index contributed by atoms with van der Waals surface area (Å²) < 4.78 is 22.9. The quantitative estimate of drug-likeness (QED) is 0.358. The summed E-state index contributed by atoms with van der Waals surface area (Å²) in [5.74, 6) is 0.779. The molecule has 4 rings (SSSR count). The molecule has 3 aromatic carbocycles. The monoisotopic (exact) mass is 487 g/mol. The molecule has 0 fully saturated rings. The summed E-state index contributed by atoms with van der Waals surface area (Å²) in [5, 5.41) is 3.27. The molecule has 0 saturated carbocycles. The van der Waals surface area contributed by atoms with E-state index in [0.29, 0.717) is 33.7 Å². The molecule has 186 valence electrons. The number of benzene rings is 3. The van der Waals surface area contributed by atoms with Crippen molar-refractivity contribution in [2.24, 2.45) is 0 Å². The maximum Gasteiger partial charge on any atom is 0.262 e. The van der Waals surface area contributed by atoms with Crippen molar-refractivity contribution in [3.8, 4) is 28.6 Å². The van der Waals surface area contributed by atoms with Crippen LogP contribution in [0.25, 0.3) is 22.3 Å². The molecule has 0 bridgehead atoms. The molecule has 0 radical (unpaired) electrons. The van der Waals surface area contributed by atoms with Crippen LogP contribution in [0.15, 0.2) is 57.7 Å². The van der Waals surface area contributed by atoms with Gasteiger partial charge in [0.1, 0.15) is 5.58 Å². The molecular weight excluding hydrogens is 458 g/mol. The van der Waals surface area contributed by atoms with Gasteiger partial charge in [-0.3, -0.25) is 9.59 Å². The van der Waals surface area contributed by atoms with Gasteiger partial charge in [0.15, 0.2) is 23.9 Å². The van der Waals surface area contributed by atoms with Gasteiger partial charge in [0, 0.05) is 11.3 Å². The lowest BCUT2D eigenvalue weighted by Crippen LogP contribution is -2.23. The van der Waals surface area contributed by atoms with Crippen molar-refractivity contribution in [3.63, 3.8) is 0 Å². The molecule has 1 amide bonds. The Bertz CT molecular complexity index is 1520. The molecule has 0 aliphatic rings. The van der Waals surface area contributed by atoms with Crippen LogP contribution >= 0.6 is 0 Å². The lowest BCUT2D eigenvalue weighted by molar-refractivity contribution is -0.118. The van der Waals surface area contributed by atoms with Crippen LogP contribution in [0.2, 0.25) is 0 Å². The fourth-order valence-electron chi connectivity index (χ4n) is 4.18. The summed E-state index contributed by atoms with van der Waals surface area (Å²) in [7, 11) is 3.07. The first-order valence-electron chi connectivity index (χ1n) is 11.5. The third-order valence-electron chi connectivity index (χ3n) is 6.17. The van der Waals surface area contributed by atoms with E-state index in [1.807, 2.05) is 58.0 Å². The molecular formula is C29H29NO6. The van der Waals surface area contributed by atoms with Gasteiger partial charge < -0.3 is 23.9 Å². The first kappa shape index (κ1) is 24.9. The smallest absolute Gasteiger partial charge is 0.262 e. The Balaban J connectivity index is 1.78. The zero-order chi connectivity index (χ0) is 26.0. The van der Waals surface area contributed by atoms with E-state index in [1.165, 1.54) is 7.11 Å². The third-order valence-corrected chi connectivity index (χ3v) is 6.17. The molecule has 1 heterocycles. The van der Waals surface area contributed by atoms with Gasteiger partial charge in [-0.2, -0.15) is 0 Å². The van der Waals surface area contributed by atoms with Crippen molar-refractivity contribution in [3.05, 3.63) is 81.0 Å². The maximum absolute atomic E-state index is 13.6. The number of hydrogen-bond acceptors (Lipinski definition) is 6. The molecule has 36 heavy (non-hydrogen) atoms. The molecule has 4 aromatic rings. The molecule has 0 aliphatic carbocycles. The second-order valence-corrected chi connectivity index (χ2v) is 8.70. The predicted octanol–water partition coefficient (Wildman–Crippen LogP) is 5.73. The highest BCUT2D eigenvalue weighted by Crippen LogP contribution is 2.37. The average molecular weight is 488 g/mol. The van der Waals surface area contributed by atoms with Crippen molar-refractivity contribution >= 4 is 22.6 Å². The third kappa shape index (κ3) is 4.77. The molecule has 1 aromatic heterocycles. The Hall–Kier alpha value is -4.26. The van der Waals surface area contributed by atoms with Crippen LogP contribution < -0.4 is 25.0 Å². The van der Waals surface area contributed by atoms with E-state index in [2.05, 4.69) is 5.32 Å². The number of ether oxygens (including phenoxy) is 3. The standard InChI is InChI=1S/C29H29NO6/c1-16-12-18(3)26-24(13-16)36-28(20-10-11-22(33-5)23(14-20)34-6)29(27(26)32)35-15-25(31)30-21-9-7-8-17(2)19(21)4/h7-14H,15H2,1-6H3,(H,30,31). The van der Waals surface area contributed by atoms with Crippen molar-refractivity contribution < 1.29 is 23.4 Å². The summed E-state index contributed by atoms with van der Waals surface area (Å²) >= 11 is 0. The number of rotatable bonds is 7. The number of aryl methyl sites for hydroxylation is 3. The van der Waals surface area contributed by atoms with Crippen LogP contribution in [-0.2, 0) is 4.79 Å². The number of fused-ring (bicyclic) bond motifs is 1. The maximum atomic E-state index is 13.6. The van der Waals surface area contributed by atoms with Gasteiger partial charge in [-0.1, -0.05) is 18.2 Å². The van der Waals surface area contributed by atoms with E-state index in [1.54, 1.807) is 25.3 Å². The number of hydrogen-bond donors (Lipinski definition) is 1. The van der Waals surface area contributed by atoms with Crippen molar-refractivity contribution in [2.75, 3.05) is 26.1 Å². The molecule has 0 saturated heterocycles. The molecule has 0 spiro atoms. The van der Waals surface area contributed by atoms with E-state index in [4.69, 9.17) is 18.6 Å². The van der Waals surface area contributed by atoms with Gasteiger partial charge in [-0.25, -0.2) is 0 Å². The van der Waals surface area contributed by atoms with Crippen LogP contribution in [0.5, 0.6) is 17.2 Å². The van der Waals surface area contributed by atoms with Gasteiger partial charge in [0.05, 0.1) is 19.6 Å². The van der Waals surface area contributed by atoms with Crippen molar-refractivity contribution in [2.45, 2.75) is 27.7 Å². The Labute approximate surface area is 209 Å². The molecule has 0 unspecified atom stereocenters. The van der Waals surface area contributed by atoms with Crippen LogP contribution in [-0.4, -0.2) is 26.7 Å². The van der Waals surface area contributed by atoms with Gasteiger partial charge in [0.25, 0.3) is 5.91 Å². The summed E-state index contributed by atoms with van der Waals surface area (Å²) in [6, 6.07) is 14.6. The minimum atomic E-state index is -0.387. The topological polar surface area (TPSA) is 87.0 Å². The normalized spacial score (nSPS) is 10.8. The number of methoxy groups -OCH3 is 2. The molecule has 0 aliphatic heterocycles. The Morgan fingerprint density at radius 2 is 1.67 bits per heavy atom. The average Bonchev–Trinajstić information content (AvgIpc) is 2.85. The molecule has 1 N–H and O–H groups in total. The van der Waals surface area contributed by atoms with Gasteiger partial charge >= 0.3 is 0 Å². The first-order chi connectivity index (χ1) is 17.2.